The molecule has 0 atom stereocenters. The summed E-state index contributed by atoms with van der Waals surface area (Å²) in [5.41, 5.74) is 0. The second-order valence-electron chi connectivity index (χ2n) is 4.09. The number of aliphatic carboxylic acids is 1. The monoisotopic (exact) mass is 271 g/mol. The molecule has 2 amide bonds. The predicted molar refractivity (Wildman–Crippen MR) is 68.6 cm³/mol. The van der Waals surface area contributed by atoms with Crippen LogP contribution >= 0.6 is 0 Å². The van der Waals surface area contributed by atoms with Gasteiger partial charge in [0.2, 0.25) is 0 Å². The maximum atomic E-state index is 12.1. The minimum absolute atomic E-state index is 0.0356. The van der Waals surface area contributed by atoms with E-state index in [0.717, 1.165) is 0 Å². The van der Waals surface area contributed by atoms with Crippen LogP contribution in [-0.2, 0) is 9.53 Å². The summed E-state index contributed by atoms with van der Waals surface area (Å²) in [4.78, 5) is 25.5. The summed E-state index contributed by atoms with van der Waals surface area (Å²) in [6, 6.07) is 1.79. The number of hydrogen-bond donors (Lipinski definition) is 1. The minimum atomic E-state index is -0.874. The van der Waals surface area contributed by atoms with Gasteiger partial charge in [-0.25, -0.2) is 4.79 Å². The molecule has 0 rings (SSSR count). The highest BCUT2D eigenvalue weighted by Crippen LogP contribution is 2.01. The van der Waals surface area contributed by atoms with Crippen LogP contribution in [0.3, 0.4) is 0 Å². The molecule has 0 radical (unpaired) electrons. The molecule has 19 heavy (non-hydrogen) atoms. The van der Waals surface area contributed by atoms with Gasteiger partial charge in [0.1, 0.15) is 0 Å². The van der Waals surface area contributed by atoms with E-state index in [4.69, 9.17) is 15.1 Å². The van der Waals surface area contributed by atoms with Crippen molar-refractivity contribution in [3.63, 3.8) is 0 Å². The molecule has 1 N–H and O–H groups in total. The molecule has 0 aromatic rings. The van der Waals surface area contributed by atoms with Gasteiger partial charge < -0.3 is 19.6 Å². The van der Waals surface area contributed by atoms with E-state index in [-0.39, 0.29) is 18.9 Å². The molecule has 0 spiro atoms. The van der Waals surface area contributed by atoms with Crippen molar-refractivity contribution < 1.29 is 19.4 Å². The molecule has 0 heterocycles. The molecule has 0 aliphatic rings. The number of carboxylic acids is 1. The summed E-state index contributed by atoms with van der Waals surface area (Å²) in [7, 11) is 3.17. The smallest absolute Gasteiger partial charge is 0.319 e. The average Bonchev–Trinajstić information content (AvgIpc) is 2.37. The van der Waals surface area contributed by atoms with Crippen molar-refractivity contribution in [2.24, 2.45) is 0 Å². The summed E-state index contributed by atoms with van der Waals surface area (Å²) in [5.74, 6) is -0.874. The van der Waals surface area contributed by atoms with Crippen molar-refractivity contribution >= 4 is 12.0 Å². The van der Waals surface area contributed by atoms with Gasteiger partial charge in [-0.05, 0) is 6.42 Å². The van der Waals surface area contributed by atoms with Gasteiger partial charge >= 0.3 is 12.0 Å². The summed E-state index contributed by atoms with van der Waals surface area (Å²) in [6.45, 7) is 1.55. The van der Waals surface area contributed by atoms with Gasteiger partial charge in [-0.2, -0.15) is 5.26 Å². The van der Waals surface area contributed by atoms with Crippen LogP contribution in [0.15, 0.2) is 0 Å². The fraction of sp³-hybridized carbons (Fsp3) is 0.750. The van der Waals surface area contributed by atoms with Crippen molar-refractivity contribution in [3.8, 4) is 6.07 Å². The summed E-state index contributed by atoms with van der Waals surface area (Å²) in [5, 5.41) is 17.1. The van der Waals surface area contributed by atoms with Gasteiger partial charge in [0, 0.05) is 40.2 Å². The highest BCUT2D eigenvalue weighted by Gasteiger charge is 2.17. The fourth-order valence-corrected chi connectivity index (χ4v) is 1.49. The quantitative estimate of drug-likeness (QED) is 0.668. The molecule has 0 saturated heterocycles. The zero-order valence-corrected chi connectivity index (χ0v) is 11.5. The lowest BCUT2D eigenvalue weighted by Crippen LogP contribution is -2.43. The van der Waals surface area contributed by atoms with Crippen molar-refractivity contribution in [2.45, 2.75) is 19.3 Å². The van der Waals surface area contributed by atoms with Crippen molar-refractivity contribution in [3.05, 3.63) is 0 Å². The Morgan fingerprint density at radius 3 is 2.53 bits per heavy atom. The lowest BCUT2D eigenvalue weighted by atomic mass is 10.3. The lowest BCUT2D eigenvalue weighted by Gasteiger charge is -2.27. The molecule has 0 fully saturated rings. The van der Waals surface area contributed by atoms with E-state index in [1.54, 1.807) is 14.2 Å². The van der Waals surface area contributed by atoms with Crippen LogP contribution in [0.1, 0.15) is 19.3 Å². The van der Waals surface area contributed by atoms with Gasteiger partial charge in [-0.15, -0.1) is 0 Å². The first-order valence-corrected chi connectivity index (χ1v) is 6.10. The van der Waals surface area contributed by atoms with Crippen LogP contribution in [0, 0.1) is 11.3 Å². The Morgan fingerprint density at radius 2 is 2.00 bits per heavy atom. The van der Waals surface area contributed by atoms with Crippen LogP contribution in [0.4, 0.5) is 4.79 Å². The molecule has 0 aromatic heterocycles. The van der Waals surface area contributed by atoms with Crippen molar-refractivity contribution in [2.75, 3.05) is 40.4 Å². The number of ether oxygens (including phenoxy) is 1. The first kappa shape index (κ1) is 17.2. The van der Waals surface area contributed by atoms with E-state index in [2.05, 4.69) is 0 Å². The van der Waals surface area contributed by atoms with Gasteiger partial charge in [-0.3, -0.25) is 4.79 Å². The molecule has 0 bridgehead atoms. The van der Waals surface area contributed by atoms with E-state index in [1.165, 1.54) is 9.80 Å². The van der Waals surface area contributed by atoms with Crippen LogP contribution in [0.2, 0.25) is 0 Å². The van der Waals surface area contributed by atoms with E-state index in [0.29, 0.717) is 32.7 Å². The third kappa shape index (κ3) is 8.00. The Balaban J connectivity index is 4.25. The molecule has 0 aliphatic heterocycles. The zero-order chi connectivity index (χ0) is 14.7. The van der Waals surface area contributed by atoms with Gasteiger partial charge in [-0.1, -0.05) is 0 Å². The minimum Gasteiger partial charge on any atom is -0.481 e. The Hall–Kier alpha value is -1.81. The summed E-state index contributed by atoms with van der Waals surface area (Å²) in [6.07, 6.45) is 0.709. The number of urea groups is 1. The molecular formula is C12H21N3O4. The average molecular weight is 271 g/mol. The SMILES string of the molecule is COCCN(CCC#N)C(=O)N(C)CCCC(=O)O. The highest BCUT2D eigenvalue weighted by molar-refractivity contribution is 5.74. The third-order valence-corrected chi connectivity index (χ3v) is 2.54. The third-order valence-electron chi connectivity index (χ3n) is 2.54. The number of amides is 2. The Bertz CT molecular complexity index is 327. The lowest BCUT2D eigenvalue weighted by molar-refractivity contribution is -0.137. The first-order valence-electron chi connectivity index (χ1n) is 6.10. The van der Waals surface area contributed by atoms with E-state index < -0.39 is 5.97 Å². The number of carboxylic acid groups (broad SMARTS) is 1. The first-order chi connectivity index (χ1) is 9.02. The molecule has 7 heteroatoms. The van der Waals surface area contributed by atoms with Crippen LogP contribution < -0.4 is 0 Å². The second kappa shape index (κ2) is 10.1. The van der Waals surface area contributed by atoms with Gasteiger partial charge in [0.05, 0.1) is 19.1 Å². The molecule has 7 nitrogen and oxygen atoms in total. The zero-order valence-electron chi connectivity index (χ0n) is 11.5. The molecule has 0 aromatic carbocycles. The normalized spacial score (nSPS) is 9.74. The van der Waals surface area contributed by atoms with E-state index in [1.807, 2.05) is 6.07 Å². The van der Waals surface area contributed by atoms with E-state index in [9.17, 15) is 9.59 Å². The maximum absolute atomic E-state index is 12.1. The number of hydrogen-bond acceptors (Lipinski definition) is 4. The van der Waals surface area contributed by atoms with Crippen molar-refractivity contribution in [1.29, 1.82) is 5.26 Å². The van der Waals surface area contributed by atoms with Crippen LogP contribution in [0.25, 0.3) is 0 Å². The Kier molecular flexibility index (Phi) is 9.18. The number of methoxy groups -OCH3 is 1. The largest absolute Gasteiger partial charge is 0.481 e. The van der Waals surface area contributed by atoms with Gasteiger partial charge in [0.25, 0.3) is 0 Å². The number of carbonyl (C=O) groups excluding carboxylic acids is 1. The number of nitriles is 1. The highest BCUT2D eigenvalue weighted by atomic mass is 16.5. The fourth-order valence-electron chi connectivity index (χ4n) is 1.49. The molecular weight excluding hydrogens is 250 g/mol. The number of nitrogens with zero attached hydrogens (tertiary/aromatic N) is 3. The Labute approximate surface area is 113 Å². The molecule has 0 unspecified atom stereocenters. The number of rotatable bonds is 9. The second-order valence-corrected chi connectivity index (χ2v) is 4.09. The molecule has 0 aliphatic carbocycles. The molecule has 108 valence electrons. The van der Waals surface area contributed by atoms with Crippen molar-refractivity contribution in [1.82, 2.24) is 9.80 Å². The predicted octanol–water partition coefficient (Wildman–Crippen LogP) is 0.765. The summed E-state index contributed by atoms with van der Waals surface area (Å²) >= 11 is 0. The van der Waals surface area contributed by atoms with Crippen LogP contribution in [0.5, 0.6) is 0 Å². The van der Waals surface area contributed by atoms with E-state index >= 15 is 0 Å². The van der Waals surface area contributed by atoms with Crippen LogP contribution in [-0.4, -0.2) is 67.3 Å². The maximum Gasteiger partial charge on any atom is 0.319 e. The number of carbonyl (C=O) groups is 2. The molecule has 0 saturated carbocycles. The Morgan fingerprint density at radius 1 is 1.32 bits per heavy atom. The van der Waals surface area contributed by atoms with Gasteiger partial charge in [0.15, 0.2) is 0 Å². The topological polar surface area (TPSA) is 93.9 Å². The summed E-state index contributed by atoms with van der Waals surface area (Å²) < 4.78 is 4.92. The standard InChI is InChI=1S/C12H21N3O4/c1-14(7-3-5-11(16)17)12(18)15(8-4-6-13)9-10-19-2/h3-5,7-10H2,1-2H3,(H,16,17).